The Labute approximate surface area is 203 Å². The fourth-order valence-corrected chi connectivity index (χ4v) is 5.41. The first kappa shape index (κ1) is 23.4. The summed E-state index contributed by atoms with van der Waals surface area (Å²) in [4.78, 5) is 15.1. The van der Waals surface area contributed by atoms with E-state index in [0.29, 0.717) is 17.3 Å². The number of aryl methyl sites for hydroxylation is 1. The number of hydrogen-bond acceptors (Lipinski definition) is 5. The van der Waals surface area contributed by atoms with Crippen molar-refractivity contribution in [1.29, 1.82) is 0 Å². The van der Waals surface area contributed by atoms with Crippen molar-refractivity contribution in [2.24, 2.45) is 5.10 Å². The summed E-state index contributed by atoms with van der Waals surface area (Å²) in [6, 6.07) is 9.79. The molecule has 2 aromatic carbocycles. The molecule has 3 aromatic rings. The number of rotatable bonds is 5. The summed E-state index contributed by atoms with van der Waals surface area (Å²) in [6.45, 7) is 12.1. The van der Waals surface area contributed by atoms with Crippen molar-refractivity contribution < 1.29 is 13.9 Å². The number of fused-ring (bicyclic) bond motifs is 2. The summed E-state index contributed by atoms with van der Waals surface area (Å²) >= 11 is 3.44. The molecule has 1 aromatic heterocycles. The fourth-order valence-electron chi connectivity index (χ4n) is 4.95. The van der Waals surface area contributed by atoms with Crippen LogP contribution >= 0.6 is 15.9 Å². The molecule has 0 saturated heterocycles. The quantitative estimate of drug-likeness (QED) is 0.318. The third-order valence-corrected chi connectivity index (χ3v) is 6.91. The van der Waals surface area contributed by atoms with Crippen LogP contribution in [0.25, 0.3) is 11.0 Å². The van der Waals surface area contributed by atoms with E-state index in [0.717, 1.165) is 34.0 Å². The molecule has 0 spiro atoms. The van der Waals surface area contributed by atoms with Crippen molar-refractivity contribution in [3.05, 3.63) is 57.3 Å². The van der Waals surface area contributed by atoms with Crippen molar-refractivity contribution in [3.63, 3.8) is 0 Å². The Morgan fingerprint density at radius 3 is 2.79 bits per heavy atom. The van der Waals surface area contributed by atoms with Crippen LogP contribution in [-0.2, 0) is 0 Å². The van der Waals surface area contributed by atoms with Crippen LogP contribution in [0.2, 0.25) is 0 Å². The molecule has 7 heteroatoms. The molecule has 2 heterocycles. The van der Waals surface area contributed by atoms with E-state index < -0.39 is 5.91 Å². The third-order valence-electron chi connectivity index (χ3n) is 6.45. The van der Waals surface area contributed by atoms with Crippen LogP contribution < -0.4 is 15.1 Å². The second-order valence-electron chi connectivity index (χ2n) is 9.27. The second kappa shape index (κ2) is 8.86. The molecule has 1 N–H and O–H groups in total. The van der Waals surface area contributed by atoms with Gasteiger partial charge in [0, 0.05) is 27.6 Å². The molecule has 174 valence electrons. The van der Waals surface area contributed by atoms with Crippen LogP contribution in [0.3, 0.4) is 0 Å². The van der Waals surface area contributed by atoms with Crippen LogP contribution in [0, 0.1) is 6.92 Å². The van der Waals surface area contributed by atoms with Gasteiger partial charge in [-0.2, -0.15) is 5.10 Å². The van der Waals surface area contributed by atoms with E-state index in [2.05, 4.69) is 78.1 Å². The number of methoxy groups -OCH3 is 1. The number of halogens is 1. The SMILES string of the molecule is CCN1c2cc(C)c(/C=N/NC(=O)c3cc4cc(Br)cc(OC)c4o3)cc2C(C)CC1(C)C. The Bertz CT molecular complexity index is 1250. The number of amides is 1. The lowest BCUT2D eigenvalue weighted by atomic mass is 9.79. The maximum atomic E-state index is 12.6. The van der Waals surface area contributed by atoms with E-state index in [1.165, 1.54) is 11.3 Å². The summed E-state index contributed by atoms with van der Waals surface area (Å²) in [5, 5.41) is 4.99. The average Bonchev–Trinajstić information content (AvgIpc) is 3.17. The van der Waals surface area contributed by atoms with Crippen LogP contribution in [0.1, 0.15) is 67.3 Å². The Hall–Kier alpha value is -2.80. The highest BCUT2D eigenvalue weighted by atomic mass is 79.9. The lowest BCUT2D eigenvalue weighted by Crippen LogP contribution is -2.48. The number of hydrogen-bond donors (Lipinski definition) is 1. The predicted molar refractivity (Wildman–Crippen MR) is 137 cm³/mol. The minimum atomic E-state index is -0.413. The highest BCUT2D eigenvalue weighted by molar-refractivity contribution is 9.10. The number of ether oxygens (including phenoxy) is 1. The summed E-state index contributed by atoms with van der Waals surface area (Å²) in [5.41, 5.74) is 7.97. The Morgan fingerprint density at radius 1 is 1.33 bits per heavy atom. The average molecular weight is 512 g/mol. The van der Waals surface area contributed by atoms with Gasteiger partial charge in [-0.1, -0.05) is 22.9 Å². The van der Waals surface area contributed by atoms with E-state index in [1.807, 2.05) is 6.07 Å². The normalized spacial score (nSPS) is 17.4. The van der Waals surface area contributed by atoms with Crippen molar-refractivity contribution in [2.45, 2.75) is 52.5 Å². The molecule has 1 atom stereocenters. The van der Waals surface area contributed by atoms with Gasteiger partial charge in [0.1, 0.15) is 0 Å². The number of anilines is 1. The van der Waals surface area contributed by atoms with Crippen molar-refractivity contribution in [3.8, 4) is 5.75 Å². The molecular formula is C26H30BrN3O3. The number of carbonyl (C=O) groups excluding carboxylic acids is 1. The van der Waals surface area contributed by atoms with Gasteiger partial charge in [-0.05, 0) is 87.1 Å². The first-order chi connectivity index (χ1) is 15.6. The molecular weight excluding hydrogens is 482 g/mol. The number of furan rings is 1. The minimum absolute atomic E-state index is 0.127. The van der Waals surface area contributed by atoms with Gasteiger partial charge in [0.05, 0.1) is 13.3 Å². The third kappa shape index (κ3) is 4.38. The zero-order valence-electron chi connectivity index (χ0n) is 20.0. The van der Waals surface area contributed by atoms with Crippen LogP contribution in [-0.4, -0.2) is 31.3 Å². The zero-order valence-corrected chi connectivity index (χ0v) is 21.5. The number of nitrogens with one attached hydrogen (secondary N) is 1. The Kier molecular flexibility index (Phi) is 6.27. The summed E-state index contributed by atoms with van der Waals surface area (Å²) in [5.74, 6) is 0.772. The van der Waals surface area contributed by atoms with E-state index >= 15 is 0 Å². The van der Waals surface area contributed by atoms with Gasteiger partial charge in [0.2, 0.25) is 0 Å². The number of carbonyl (C=O) groups is 1. The van der Waals surface area contributed by atoms with Gasteiger partial charge < -0.3 is 14.1 Å². The lowest BCUT2D eigenvalue weighted by molar-refractivity contribution is 0.0929. The van der Waals surface area contributed by atoms with Crippen molar-refractivity contribution in [2.75, 3.05) is 18.6 Å². The molecule has 33 heavy (non-hydrogen) atoms. The van der Waals surface area contributed by atoms with Gasteiger partial charge in [0.15, 0.2) is 17.1 Å². The van der Waals surface area contributed by atoms with E-state index in [-0.39, 0.29) is 11.3 Å². The monoisotopic (exact) mass is 511 g/mol. The maximum absolute atomic E-state index is 12.6. The molecule has 1 unspecified atom stereocenters. The molecule has 1 aliphatic heterocycles. The van der Waals surface area contributed by atoms with E-state index in [1.54, 1.807) is 25.5 Å². The highest BCUT2D eigenvalue weighted by Gasteiger charge is 2.35. The minimum Gasteiger partial charge on any atom is -0.493 e. The smallest absolute Gasteiger partial charge is 0.307 e. The van der Waals surface area contributed by atoms with Crippen LogP contribution in [0.4, 0.5) is 5.69 Å². The van der Waals surface area contributed by atoms with Gasteiger partial charge >= 0.3 is 5.91 Å². The standard InChI is InChI=1S/C26H30BrN3O3/c1-7-30-21-8-15(2)18(10-20(21)16(3)13-26(30,4)5)14-28-29-25(31)23-11-17-9-19(27)12-22(32-6)24(17)33-23/h8-12,14,16H,7,13H2,1-6H3,(H,29,31)/b28-14+. The molecule has 1 aliphatic rings. The molecule has 6 nitrogen and oxygen atoms in total. The van der Waals surface area contributed by atoms with Crippen molar-refractivity contribution in [1.82, 2.24) is 5.43 Å². The first-order valence-electron chi connectivity index (χ1n) is 11.2. The molecule has 0 aliphatic carbocycles. The van der Waals surface area contributed by atoms with E-state index in [4.69, 9.17) is 9.15 Å². The van der Waals surface area contributed by atoms with Crippen molar-refractivity contribution >= 4 is 44.7 Å². The van der Waals surface area contributed by atoms with Crippen LogP contribution in [0.5, 0.6) is 5.75 Å². The molecule has 0 fully saturated rings. The summed E-state index contributed by atoms with van der Waals surface area (Å²) < 4.78 is 11.9. The lowest BCUT2D eigenvalue weighted by Gasteiger charge is -2.47. The largest absolute Gasteiger partial charge is 0.493 e. The molecule has 1 amide bonds. The second-order valence-corrected chi connectivity index (χ2v) is 10.2. The zero-order chi connectivity index (χ0) is 23.9. The van der Waals surface area contributed by atoms with Crippen LogP contribution in [0.15, 0.2) is 44.3 Å². The fraction of sp³-hybridized carbons (Fsp3) is 0.385. The topological polar surface area (TPSA) is 67.1 Å². The maximum Gasteiger partial charge on any atom is 0.307 e. The van der Waals surface area contributed by atoms with Gasteiger partial charge in [-0.3, -0.25) is 4.79 Å². The van der Waals surface area contributed by atoms with Gasteiger partial charge in [0.25, 0.3) is 0 Å². The molecule has 4 rings (SSSR count). The number of nitrogens with zero attached hydrogens (tertiary/aromatic N) is 2. The summed E-state index contributed by atoms with van der Waals surface area (Å²) in [6.07, 6.45) is 2.80. The number of hydrazone groups is 1. The molecule has 0 bridgehead atoms. The first-order valence-corrected chi connectivity index (χ1v) is 12.0. The Balaban J connectivity index is 1.56. The van der Waals surface area contributed by atoms with E-state index in [9.17, 15) is 4.79 Å². The molecule has 0 saturated carbocycles. The number of benzene rings is 2. The van der Waals surface area contributed by atoms with Gasteiger partial charge in [-0.25, -0.2) is 5.43 Å². The predicted octanol–water partition coefficient (Wildman–Crippen LogP) is 6.39. The molecule has 0 radical (unpaired) electrons. The highest BCUT2D eigenvalue weighted by Crippen LogP contribution is 2.44. The Morgan fingerprint density at radius 2 is 2.09 bits per heavy atom. The van der Waals surface area contributed by atoms with Gasteiger partial charge in [-0.15, -0.1) is 0 Å². The summed E-state index contributed by atoms with van der Waals surface area (Å²) in [7, 11) is 1.57.